The van der Waals surface area contributed by atoms with Crippen molar-refractivity contribution in [2.75, 3.05) is 11.9 Å². The number of hydrogen-bond donors (Lipinski definition) is 2. The first kappa shape index (κ1) is 13.3. The van der Waals surface area contributed by atoms with Crippen LogP contribution in [0.25, 0.3) is 10.8 Å². The van der Waals surface area contributed by atoms with Gasteiger partial charge in [0.05, 0.1) is 0 Å². The number of carbonyl (C=O) groups is 1. The number of rotatable bonds is 7. The van der Waals surface area contributed by atoms with Crippen molar-refractivity contribution in [3.63, 3.8) is 0 Å². The Bertz CT molecular complexity index is 549. The summed E-state index contributed by atoms with van der Waals surface area (Å²) in [7, 11) is 0. The highest BCUT2D eigenvalue weighted by atomic mass is 16.4. The number of anilines is 1. The molecule has 1 aromatic heterocycles. The molecule has 0 aliphatic heterocycles. The van der Waals surface area contributed by atoms with Gasteiger partial charge in [0, 0.05) is 24.5 Å². The molecule has 1 aromatic carbocycles. The summed E-state index contributed by atoms with van der Waals surface area (Å²) in [4.78, 5) is 14.7. The van der Waals surface area contributed by atoms with Gasteiger partial charge in [-0.15, -0.1) is 0 Å². The lowest BCUT2D eigenvalue weighted by atomic mass is 10.1. The van der Waals surface area contributed by atoms with Gasteiger partial charge < -0.3 is 10.4 Å². The minimum atomic E-state index is -0.719. The number of carboxylic acid groups (broad SMARTS) is 1. The minimum Gasteiger partial charge on any atom is -0.481 e. The smallest absolute Gasteiger partial charge is 0.303 e. The molecule has 100 valence electrons. The van der Waals surface area contributed by atoms with E-state index in [0.717, 1.165) is 37.0 Å². The Kier molecular flexibility index (Phi) is 4.72. The first-order valence-electron chi connectivity index (χ1n) is 6.57. The van der Waals surface area contributed by atoms with E-state index in [9.17, 15) is 4.79 Å². The number of hydrogen-bond acceptors (Lipinski definition) is 3. The molecule has 4 nitrogen and oxygen atoms in total. The number of benzene rings is 1. The van der Waals surface area contributed by atoms with Crippen molar-refractivity contribution >= 4 is 22.6 Å². The number of fused-ring (bicyclic) bond motifs is 1. The second-order valence-corrected chi connectivity index (χ2v) is 4.51. The molecule has 0 amide bonds. The summed E-state index contributed by atoms with van der Waals surface area (Å²) in [5, 5.41) is 14.2. The molecule has 0 spiro atoms. The van der Waals surface area contributed by atoms with Crippen LogP contribution in [0.5, 0.6) is 0 Å². The van der Waals surface area contributed by atoms with Gasteiger partial charge in [0.15, 0.2) is 0 Å². The van der Waals surface area contributed by atoms with E-state index in [1.807, 2.05) is 18.2 Å². The Balaban J connectivity index is 1.83. The van der Waals surface area contributed by atoms with Crippen molar-refractivity contribution in [1.82, 2.24) is 4.98 Å². The third kappa shape index (κ3) is 3.95. The average molecular weight is 258 g/mol. The molecule has 0 aliphatic rings. The summed E-state index contributed by atoms with van der Waals surface area (Å²) >= 11 is 0. The predicted octanol–water partition coefficient (Wildman–Crippen LogP) is 3.29. The fourth-order valence-electron chi connectivity index (χ4n) is 2.05. The third-order valence-electron chi connectivity index (χ3n) is 3.03. The molecule has 0 saturated carbocycles. The predicted molar refractivity (Wildman–Crippen MR) is 76.3 cm³/mol. The van der Waals surface area contributed by atoms with Crippen LogP contribution in [-0.4, -0.2) is 22.6 Å². The van der Waals surface area contributed by atoms with Crippen LogP contribution in [-0.2, 0) is 4.79 Å². The van der Waals surface area contributed by atoms with Gasteiger partial charge in [-0.1, -0.05) is 30.7 Å². The van der Waals surface area contributed by atoms with Crippen molar-refractivity contribution in [2.45, 2.75) is 25.7 Å². The summed E-state index contributed by atoms with van der Waals surface area (Å²) in [6.45, 7) is 0.820. The third-order valence-corrected chi connectivity index (χ3v) is 3.03. The molecule has 1 heterocycles. The van der Waals surface area contributed by atoms with E-state index < -0.39 is 5.97 Å². The van der Waals surface area contributed by atoms with Gasteiger partial charge in [0.2, 0.25) is 0 Å². The van der Waals surface area contributed by atoms with Gasteiger partial charge in [-0.05, 0) is 24.3 Å². The highest BCUT2D eigenvalue weighted by Crippen LogP contribution is 2.20. The SMILES string of the molecule is O=C(O)CCCCCNc1nccc2ccccc12. The summed E-state index contributed by atoms with van der Waals surface area (Å²) in [5.41, 5.74) is 0. The largest absolute Gasteiger partial charge is 0.481 e. The van der Waals surface area contributed by atoms with E-state index >= 15 is 0 Å². The molecule has 19 heavy (non-hydrogen) atoms. The van der Waals surface area contributed by atoms with Gasteiger partial charge in [-0.3, -0.25) is 4.79 Å². The molecule has 0 radical (unpaired) electrons. The molecule has 2 N–H and O–H groups in total. The summed E-state index contributed by atoms with van der Waals surface area (Å²) in [5.74, 6) is 0.181. The van der Waals surface area contributed by atoms with Gasteiger partial charge in [0.1, 0.15) is 5.82 Å². The van der Waals surface area contributed by atoms with Crippen LogP contribution in [0.2, 0.25) is 0 Å². The number of nitrogens with zero attached hydrogens (tertiary/aromatic N) is 1. The van der Waals surface area contributed by atoms with Gasteiger partial charge in [0.25, 0.3) is 0 Å². The van der Waals surface area contributed by atoms with Crippen molar-refractivity contribution in [3.8, 4) is 0 Å². The second-order valence-electron chi connectivity index (χ2n) is 4.51. The number of nitrogens with one attached hydrogen (secondary N) is 1. The lowest BCUT2D eigenvalue weighted by Crippen LogP contribution is -2.04. The number of aromatic nitrogens is 1. The first-order chi connectivity index (χ1) is 9.27. The van der Waals surface area contributed by atoms with Gasteiger partial charge in [-0.2, -0.15) is 0 Å². The maximum absolute atomic E-state index is 10.4. The van der Waals surface area contributed by atoms with E-state index in [1.165, 1.54) is 5.39 Å². The van der Waals surface area contributed by atoms with E-state index in [1.54, 1.807) is 6.20 Å². The molecule has 0 atom stereocenters. The number of carboxylic acids is 1. The maximum atomic E-state index is 10.4. The number of aliphatic carboxylic acids is 1. The number of pyridine rings is 1. The highest BCUT2D eigenvalue weighted by Gasteiger charge is 2.01. The quantitative estimate of drug-likeness (QED) is 0.748. The Hall–Kier alpha value is -2.10. The Morgan fingerprint density at radius 3 is 2.84 bits per heavy atom. The number of unbranched alkanes of at least 4 members (excludes halogenated alkanes) is 2. The Morgan fingerprint density at radius 1 is 1.16 bits per heavy atom. The van der Waals surface area contributed by atoms with Crippen molar-refractivity contribution in [1.29, 1.82) is 0 Å². The van der Waals surface area contributed by atoms with Crippen LogP contribution in [0.4, 0.5) is 5.82 Å². The highest BCUT2D eigenvalue weighted by molar-refractivity contribution is 5.91. The monoisotopic (exact) mass is 258 g/mol. The van der Waals surface area contributed by atoms with Crippen LogP contribution < -0.4 is 5.32 Å². The molecular weight excluding hydrogens is 240 g/mol. The van der Waals surface area contributed by atoms with Crippen molar-refractivity contribution in [3.05, 3.63) is 36.5 Å². The minimum absolute atomic E-state index is 0.256. The fraction of sp³-hybridized carbons (Fsp3) is 0.333. The van der Waals surface area contributed by atoms with Crippen molar-refractivity contribution in [2.24, 2.45) is 0 Å². The molecule has 2 rings (SSSR count). The molecule has 0 unspecified atom stereocenters. The summed E-state index contributed by atoms with van der Waals surface area (Å²) < 4.78 is 0. The molecule has 4 heteroatoms. The average Bonchev–Trinajstić information content (AvgIpc) is 2.42. The van der Waals surface area contributed by atoms with E-state index in [-0.39, 0.29) is 6.42 Å². The van der Waals surface area contributed by atoms with E-state index in [2.05, 4.69) is 22.4 Å². The Morgan fingerprint density at radius 2 is 2.00 bits per heavy atom. The van der Waals surface area contributed by atoms with E-state index in [0.29, 0.717) is 0 Å². The molecule has 0 saturated heterocycles. The van der Waals surface area contributed by atoms with Crippen LogP contribution in [0.1, 0.15) is 25.7 Å². The molecule has 2 aromatic rings. The topological polar surface area (TPSA) is 62.2 Å². The van der Waals surface area contributed by atoms with Crippen LogP contribution in [0.15, 0.2) is 36.5 Å². The molecule has 0 bridgehead atoms. The molecule has 0 aliphatic carbocycles. The van der Waals surface area contributed by atoms with Crippen molar-refractivity contribution < 1.29 is 9.90 Å². The zero-order valence-corrected chi connectivity index (χ0v) is 10.8. The maximum Gasteiger partial charge on any atom is 0.303 e. The second kappa shape index (κ2) is 6.73. The lowest BCUT2D eigenvalue weighted by molar-refractivity contribution is -0.137. The van der Waals surface area contributed by atoms with Gasteiger partial charge >= 0.3 is 5.97 Å². The first-order valence-corrected chi connectivity index (χ1v) is 6.57. The van der Waals surface area contributed by atoms with Crippen LogP contribution >= 0.6 is 0 Å². The van der Waals surface area contributed by atoms with E-state index in [4.69, 9.17) is 5.11 Å². The van der Waals surface area contributed by atoms with Crippen LogP contribution in [0, 0.1) is 0 Å². The zero-order chi connectivity index (χ0) is 13.5. The van der Waals surface area contributed by atoms with Gasteiger partial charge in [-0.25, -0.2) is 4.98 Å². The fourth-order valence-corrected chi connectivity index (χ4v) is 2.05. The normalized spacial score (nSPS) is 10.5. The standard InChI is InChI=1S/C15H18N2O2/c18-14(19)8-2-1-5-10-16-15-13-7-4-3-6-12(13)9-11-17-15/h3-4,6-7,9,11H,1-2,5,8,10H2,(H,16,17)(H,18,19). The van der Waals surface area contributed by atoms with Crippen LogP contribution in [0.3, 0.4) is 0 Å². The Labute approximate surface area is 112 Å². The summed E-state index contributed by atoms with van der Waals surface area (Å²) in [6.07, 6.45) is 4.67. The summed E-state index contributed by atoms with van der Waals surface area (Å²) in [6, 6.07) is 10.1. The zero-order valence-electron chi connectivity index (χ0n) is 10.8. The molecular formula is C15H18N2O2. The molecule has 0 fully saturated rings. The lowest BCUT2D eigenvalue weighted by Gasteiger charge is -2.08.